The lowest BCUT2D eigenvalue weighted by Crippen LogP contribution is -2.64. The molecule has 3 aliphatic carbocycles. The molecule has 1 amide bonds. The molecular weight excluding hydrogens is 354 g/mol. The molecule has 2 unspecified atom stereocenters. The summed E-state index contributed by atoms with van der Waals surface area (Å²) in [5.74, 6) is -0.626. The summed E-state index contributed by atoms with van der Waals surface area (Å²) in [6, 6.07) is 0. The number of ether oxygens (including phenoxy) is 1. The summed E-state index contributed by atoms with van der Waals surface area (Å²) in [6.45, 7) is 1.90. The maximum Gasteiger partial charge on any atom is 0.337 e. The molecule has 2 heterocycles. The van der Waals surface area contributed by atoms with E-state index in [-0.39, 0.29) is 5.91 Å². The Balaban J connectivity index is 1.57. The van der Waals surface area contributed by atoms with Gasteiger partial charge in [-0.15, -0.1) is 11.6 Å². The van der Waals surface area contributed by atoms with Crippen molar-refractivity contribution in [2.75, 3.05) is 5.88 Å². The number of carbonyl (C=O) groups excluding carboxylic acids is 2. The average Bonchev–Trinajstić information content (AvgIpc) is 2.87. The number of esters is 1. The summed E-state index contributed by atoms with van der Waals surface area (Å²) < 4.78 is 5.68. The minimum atomic E-state index is -1.07. The molecule has 2 N–H and O–H groups in total. The smallest absolute Gasteiger partial charge is 0.337 e. The topological polar surface area (TPSA) is 75.6 Å². The number of carbonyl (C=O) groups is 2. The quantitative estimate of drug-likeness (QED) is 0.582. The third-order valence-corrected chi connectivity index (χ3v) is 7.96. The Labute approximate surface area is 157 Å². The molecule has 5 rings (SSSR count). The van der Waals surface area contributed by atoms with E-state index in [1.165, 1.54) is 17.6 Å². The number of aliphatic hydroxyl groups excluding tert-OH is 1. The van der Waals surface area contributed by atoms with Gasteiger partial charge >= 0.3 is 5.97 Å². The second-order valence-electron chi connectivity index (χ2n) is 8.48. The molecule has 1 spiro atoms. The van der Waals surface area contributed by atoms with Gasteiger partial charge in [-0.1, -0.05) is 13.0 Å². The van der Waals surface area contributed by atoms with Crippen molar-refractivity contribution < 1.29 is 19.4 Å². The van der Waals surface area contributed by atoms with Crippen LogP contribution < -0.4 is 5.32 Å². The largest absolute Gasteiger partial charge is 0.450 e. The van der Waals surface area contributed by atoms with Crippen molar-refractivity contribution in [2.45, 2.75) is 69.1 Å². The standard InChI is InChI=1S/C20H24ClNO4/c1-18-14(9-10-21)16(24)22-19(18)17(25)26-20(18,19)15(23)13-8-4-6-11-5-2-3-7-12(11)13/h6,14-15,23H,2-5,7-10H2,1H3,(H,22,24)/t14-,15-,18+,19?,20?/m0/s1. The molecule has 0 bridgehead atoms. The number of amides is 1. The highest BCUT2D eigenvalue weighted by molar-refractivity contribution is 6.18. The first-order valence-electron chi connectivity index (χ1n) is 9.66. The van der Waals surface area contributed by atoms with Crippen LogP contribution in [0, 0.1) is 11.3 Å². The number of alkyl halides is 1. The molecular formula is C20H24ClNO4. The van der Waals surface area contributed by atoms with Crippen LogP contribution in [0.3, 0.4) is 0 Å². The van der Waals surface area contributed by atoms with Crippen LogP contribution in [0.5, 0.6) is 0 Å². The van der Waals surface area contributed by atoms with E-state index in [1.54, 1.807) is 0 Å². The van der Waals surface area contributed by atoms with Crippen molar-refractivity contribution >= 4 is 23.5 Å². The van der Waals surface area contributed by atoms with E-state index >= 15 is 0 Å². The van der Waals surface area contributed by atoms with Crippen molar-refractivity contribution in [1.82, 2.24) is 5.32 Å². The lowest BCUT2D eigenvalue weighted by atomic mass is 9.75. The highest BCUT2D eigenvalue weighted by Gasteiger charge is 3.05. The third kappa shape index (κ3) is 1.52. The van der Waals surface area contributed by atoms with Crippen LogP contribution in [0.25, 0.3) is 0 Å². The molecule has 2 aliphatic heterocycles. The van der Waals surface area contributed by atoms with Crippen LogP contribution in [0.15, 0.2) is 22.8 Å². The van der Waals surface area contributed by atoms with E-state index < -0.39 is 34.5 Å². The molecule has 26 heavy (non-hydrogen) atoms. The van der Waals surface area contributed by atoms with Crippen molar-refractivity contribution in [3.05, 3.63) is 22.8 Å². The van der Waals surface area contributed by atoms with Crippen LogP contribution in [-0.4, -0.2) is 40.1 Å². The van der Waals surface area contributed by atoms with Crippen molar-refractivity contribution in [3.63, 3.8) is 0 Å². The Hall–Kier alpha value is -1.33. The number of halogens is 1. The highest BCUT2D eigenvalue weighted by atomic mass is 35.5. The number of aliphatic hydroxyl groups is 1. The summed E-state index contributed by atoms with van der Waals surface area (Å²) in [5.41, 5.74) is 0.803. The molecule has 140 valence electrons. The molecule has 5 atom stereocenters. The summed E-state index contributed by atoms with van der Waals surface area (Å²) in [7, 11) is 0. The number of hydrogen-bond donors (Lipinski definition) is 2. The number of allylic oxidation sites excluding steroid dienone is 3. The number of hydrogen-bond acceptors (Lipinski definition) is 4. The van der Waals surface area contributed by atoms with E-state index in [0.29, 0.717) is 12.3 Å². The molecule has 5 aliphatic rings. The van der Waals surface area contributed by atoms with E-state index in [1.807, 2.05) is 6.92 Å². The minimum Gasteiger partial charge on any atom is -0.450 e. The fourth-order valence-corrected chi connectivity index (χ4v) is 6.70. The van der Waals surface area contributed by atoms with Crippen LogP contribution in [-0.2, 0) is 14.3 Å². The fourth-order valence-electron chi connectivity index (χ4n) is 6.48. The Morgan fingerprint density at radius 1 is 1.35 bits per heavy atom. The maximum atomic E-state index is 12.4. The van der Waals surface area contributed by atoms with Gasteiger partial charge in [0.2, 0.25) is 5.91 Å². The summed E-state index contributed by atoms with van der Waals surface area (Å²) in [5, 5.41) is 14.3. The van der Waals surface area contributed by atoms with E-state index in [2.05, 4.69) is 11.4 Å². The molecule has 0 aromatic heterocycles. The number of rotatable bonds is 4. The minimum absolute atomic E-state index is 0.146. The SMILES string of the molecule is C[C@@]12[C@@H](CCCl)C(=O)NC13C(=O)OC32[C@@H](O)C1=C2CCCCC2=CCC1. The Kier molecular flexibility index (Phi) is 3.32. The fraction of sp³-hybridized carbons (Fsp3) is 0.700. The lowest BCUT2D eigenvalue weighted by molar-refractivity contribution is -0.192. The second kappa shape index (κ2) is 5.14. The predicted molar refractivity (Wildman–Crippen MR) is 95.4 cm³/mol. The average molecular weight is 378 g/mol. The first kappa shape index (κ1) is 16.8. The van der Waals surface area contributed by atoms with Crippen molar-refractivity contribution in [2.24, 2.45) is 11.3 Å². The van der Waals surface area contributed by atoms with Gasteiger partial charge in [0.1, 0.15) is 6.10 Å². The monoisotopic (exact) mass is 377 g/mol. The molecule has 0 aromatic carbocycles. The van der Waals surface area contributed by atoms with E-state index in [0.717, 1.165) is 37.7 Å². The van der Waals surface area contributed by atoms with Crippen LogP contribution in [0.1, 0.15) is 51.9 Å². The zero-order valence-electron chi connectivity index (χ0n) is 14.9. The second-order valence-corrected chi connectivity index (χ2v) is 8.86. The summed E-state index contributed by atoms with van der Waals surface area (Å²) >= 11 is 5.92. The molecule has 0 aromatic rings. The van der Waals surface area contributed by atoms with Gasteiger partial charge in [-0.2, -0.15) is 0 Å². The summed E-state index contributed by atoms with van der Waals surface area (Å²) in [4.78, 5) is 24.9. The van der Waals surface area contributed by atoms with Gasteiger partial charge in [-0.05, 0) is 61.7 Å². The van der Waals surface area contributed by atoms with Crippen molar-refractivity contribution in [1.29, 1.82) is 0 Å². The van der Waals surface area contributed by atoms with E-state index in [9.17, 15) is 14.7 Å². The predicted octanol–water partition coefficient (Wildman–Crippen LogP) is 2.37. The number of nitrogens with one attached hydrogen (secondary N) is 1. The van der Waals surface area contributed by atoms with Gasteiger partial charge in [0.15, 0.2) is 11.1 Å². The van der Waals surface area contributed by atoms with Gasteiger partial charge in [0.25, 0.3) is 0 Å². The molecule has 5 nitrogen and oxygen atoms in total. The summed E-state index contributed by atoms with van der Waals surface area (Å²) in [6.07, 6.45) is 7.97. The zero-order valence-corrected chi connectivity index (χ0v) is 15.7. The van der Waals surface area contributed by atoms with Gasteiger partial charge in [0, 0.05) is 5.88 Å². The number of fused-ring (bicyclic) bond motifs is 2. The van der Waals surface area contributed by atoms with Crippen LogP contribution in [0.4, 0.5) is 0 Å². The highest BCUT2D eigenvalue weighted by Crippen LogP contribution is 2.82. The normalized spacial score (nSPS) is 44.1. The first-order valence-corrected chi connectivity index (χ1v) is 10.2. The Morgan fingerprint density at radius 2 is 2.12 bits per heavy atom. The number of piperidine rings is 1. The van der Waals surface area contributed by atoms with Gasteiger partial charge < -0.3 is 15.2 Å². The Morgan fingerprint density at radius 3 is 2.85 bits per heavy atom. The van der Waals surface area contributed by atoms with Gasteiger partial charge in [-0.25, -0.2) is 4.79 Å². The zero-order chi connectivity index (χ0) is 18.3. The van der Waals surface area contributed by atoms with E-state index in [4.69, 9.17) is 16.3 Å². The van der Waals surface area contributed by atoms with Gasteiger partial charge in [-0.3, -0.25) is 4.79 Å². The molecule has 0 radical (unpaired) electrons. The molecule has 4 fully saturated rings. The Bertz CT molecular complexity index is 789. The third-order valence-electron chi connectivity index (χ3n) is 7.74. The van der Waals surface area contributed by atoms with Crippen molar-refractivity contribution in [3.8, 4) is 0 Å². The van der Waals surface area contributed by atoms with Crippen LogP contribution in [0.2, 0.25) is 0 Å². The molecule has 6 heteroatoms. The molecule has 2 saturated carbocycles. The maximum absolute atomic E-state index is 12.4. The van der Waals surface area contributed by atoms with Gasteiger partial charge in [0.05, 0.1) is 11.3 Å². The lowest BCUT2D eigenvalue weighted by Gasteiger charge is -2.41. The molecule has 2 saturated heterocycles. The first-order chi connectivity index (χ1) is 12.5. The van der Waals surface area contributed by atoms with Crippen LogP contribution >= 0.6 is 11.6 Å².